The van der Waals surface area contributed by atoms with Crippen molar-refractivity contribution in [3.05, 3.63) is 0 Å². The van der Waals surface area contributed by atoms with Gasteiger partial charge in [-0.2, -0.15) is 13.2 Å². The van der Waals surface area contributed by atoms with Gasteiger partial charge in [-0.3, -0.25) is 0 Å². The van der Waals surface area contributed by atoms with Crippen LogP contribution in [-0.4, -0.2) is 41.8 Å². The Labute approximate surface area is 92.4 Å². The zero-order valence-electron chi connectivity index (χ0n) is 8.76. The molecule has 1 fully saturated rings. The summed E-state index contributed by atoms with van der Waals surface area (Å²) in [6.07, 6.45) is 0.887. The smallest absolute Gasteiger partial charge is 0.327 e. The summed E-state index contributed by atoms with van der Waals surface area (Å²) in [6, 6.07) is 0.205. The fraction of sp³-hybridized carbons (Fsp3) is 1.00. The molecule has 1 rings (SSSR count). The molecule has 2 nitrogen and oxygen atoms in total. The number of halogens is 3. The molecule has 0 aromatic carbocycles. The van der Waals surface area contributed by atoms with Gasteiger partial charge in [-0.25, -0.2) is 0 Å². The molecule has 1 saturated heterocycles. The van der Waals surface area contributed by atoms with Gasteiger partial charge in [-0.1, -0.05) is 6.92 Å². The first-order chi connectivity index (χ1) is 6.88. The number of nitrogens with zero attached hydrogens (tertiary/aromatic N) is 1. The van der Waals surface area contributed by atoms with E-state index in [-0.39, 0.29) is 23.6 Å². The minimum absolute atomic E-state index is 0.0563. The molecule has 15 heavy (non-hydrogen) atoms. The lowest BCUT2D eigenvalue weighted by molar-refractivity contribution is -0.0329. The number of alkyl halides is 3. The molecule has 0 amide bonds. The molecule has 0 bridgehead atoms. The summed E-state index contributed by atoms with van der Waals surface area (Å²) in [6.45, 7) is 4.19. The van der Waals surface area contributed by atoms with E-state index in [1.807, 2.05) is 6.92 Å². The van der Waals surface area contributed by atoms with Crippen LogP contribution in [0.5, 0.6) is 0 Å². The number of hydrogen-bond acceptors (Lipinski definition) is 3. The van der Waals surface area contributed by atoms with Crippen LogP contribution in [0, 0.1) is 5.92 Å². The first-order valence-corrected chi connectivity index (χ1v) is 6.05. The maximum absolute atomic E-state index is 11.9. The molecule has 1 heterocycles. The monoisotopic (exact) mass is 242 g/mol. The van der Waals surface area contributed by atoms with Crippen molar-refractivity contribution >= 4 is 11.8 Å². The predicted molar refractivity (Wildman–Crippen MR) is 56.7 cm³/mol. The van der Waals surface area contributed by atoms with Crippen LogP contribution in [0.1, 0.15) is 13.3 Å². The Morgan fingerprint density at radius 1 is 1.47 bits per heavy atom. The van der Waals surface area contributed by atoms with Crippen molar-refractivity contribution < 1.29 is 13.2 Å². The Balaban J connectivity index is 2.17. The normalized spacial score (nSPS) is 29.4. The Morgan fingerprint density at radius 2 is 2.13 bits per heavy atom. The highest BCUT2D eigenvalue weighted by Crippen LogP contribution is 2.30. The SMILES string of the molecule is CC1CN(CCSC(F)(F)F)CCC1N. The molecular weight excluding hydrogens is 225 g/mol. The van der Waals surface area contributed by atoms with Gasteiger partial charge in [0.25, 0.3) is 0 Å². The van der Waals surface area contributed by atoms with Gasteiger partial charge >= 0.3 is 5.51 Å². The molecule has 0 aliphatic carbocycles. The molecule has 1 aliphatic rings. The molecule has 90 valence electrons. The number of thioether (sulfide) groups is 1. The number of piperidine rings is 1. The zero-order valence-corrected chi connectivity index (χ0v) is 9.57. The van der Waals surface area contributed by atoms with E-state index in [1.165, 1.54) is 0 Å². The molecule has 0 spiro atoms. The maximum atomic E-state index is 11.9. The van der Waals surface area contributed by atoms with E-state index in [0.717, 1.165) is 19.5 Å². The lowest BCUT2D eigenvalue weighted by Gasteiger charge is -2.34. The van der Waals surface area contributed by atoms with E-state index in [0.29, 0.717) is 12.5 Å². The third-order valence-electron chi connectivity index (χ3n) is 2.73. The standard InChI is InChI=1S/C9H17F3N2S/c1-7-6-14(3-2-8(7)13)4-5-15-9(10,11)12/h7-8H,2-6,13H2,1H3. The minimum Gasteiger partial charge on any atom is -0.327 e. The van der Waals surface area contributed by atoms with Crippen LogP contribution < -0.4 is 5.73 Å². The van der Waals surface area contributed by atoms with E-state index in [9.17, 15) is 13.2 Å². The largest absolute Gasteiger partial charge is 0.441 e. The van der Waals surface area contributed by atoms with Crippen LogP contribution in [0.3, 0.4) is 0 Å². The topological polar surface area (TPSA) is 29.3 Å². The number of hydrogen-bond donors (Lipinski definition) is 1. The van der Waals surface area contributed by atoms with Crippen LogP contribution in [0.4, 0.5) is 13.2 Å². The summed E-state index contributed by atoms with van der Waals surface area (Å²) < 4.78 is 35.6. The zero-order chi connectivity index (χ0) is 11.5. The van der Waals surface area contributed by atoms with E-state index in [2.05, 4.69) is 4.90 Å². The van der Waals surface area contributed by atoms with Gasteiger partial charge in [0.15, 0.2) is 0 Å². The summed E-state index contributed by atoms with van der Waals surface area (Å²) in [5.74, 6) is 0.500. The van der Waals surface area contributed by atoms with Crippen LogP contribution in [0.25, 0.3) is 0 Å². The van der Waals surface area contributed by atoms with E-state index < -0.39 is 5.51 Å². The fourth-order valence-electron chi connectivity index (χ4n) is 1.74. The van der Waals surface area contributed by atoms with Crippen molar-refractivity contribution in [2.45, 2.75) is 24.9 Å². The molecule has 0 aromatic rings. The summed E-state index contributed by atoms with van der Waals surface area (Å²) in [7, 11) is 0. The van der Waals surface area contributed by atoms with Crippen molar-refractivity contribution in [1.29, 1.82) is 0 Å². The highest BCUT2D eigenvalue weighted by molar-refractivity contribution is 8.00. The van der Waals surface area contributed by atoms with Gasteiger partial charge in [0.05, 0.1) is 0 Å². The molecular formula is C9H17F3N2S. The quantitative estimate of drug-likeness (QED) is 0.819. The predicted octanol–water partition coefficient (Wildman–Crippen LogP) is 1.91. The molecule has 1 aliphatic heterocycles. The Morgan fingerprint density at radius 3 is 2.67 bits per heavy atom. The third kappa shape index (κ3) is 5.08. The Kier molecular flexibility index (Phi) is 4.73. The molecule has 0 saturated carbocycles. The lowest BCUT2D eigenvalue weighted by Crippen LogP contribution is -2.46. The van der Waals surface area contributed by atoms with Crippen molar-refractivity contribution in [2.24, 2.45) is 11.7 Å². The summed E-state index contributed by atoms with van der Waals surface area (Å²) >= 11 is 0.0563. The number of likely N-dealkylation sites (tertiary alicyclic amines) is 1. The van der Waals surface area contributed by atoms with Crippen molar-refractivity contribution in [3.8, 4) is 0 Å². The lowest BCUT2D eigenvalue weighted by atomic mass is 9.95. The average molecular weight is 242 g/mol. The minimum atomic E-state index is -4.10. The van der Waals surface area contributed by atoms with Crippen LogP contribution >= 0.6 is 11.8 Å². The van der Waals surface area contributed by atoms with E-state index in [4.69, 9.17) is 5.73 Å². The summed E-state index contributed by atoms with van der Waals surface area (Å²) in [5, 5.41) is 0. The molecule has 0 aromatic heterocycles. The first-order valence-electron chi connectivity index (χ1n) is 5.07. The highest BCUT2D eigenvalue weighted by atomic mass is 32.2. The molecule has 0 radical (unpaired) electrons. The summed E-state index contributed by atoms with van der Waals surface area (Å²) in [5.41, 5.74) is 1.73. The third-order valence-corrected chi connectivity index (χ3v) is 3.44. The molecule has 2 N–H and O–H groups in total. The van der Waals surface area contributed by atoms with Gasteiger partial charge < -0.3 is 10.6 Å². The first kappa shape index (κ1) is 13.1. The number of nitrogens with two attached hydrogens (primary N) is 1. The molecule has 6 heteroatoms. The molecule has 2 atom stereocenters. The van der Waals surface area contributed by atoms with Crippen LogP contribution in [0.2, 0.25) is 0 Å². The van der Waals surface area contributed by atoms with Crippen molar-refractivity contribution in [1.82, 2.24) is 4.90 Å². The van der Waals surface area contributed by atoms with Gasteiger partial charge in [0, 0.05) is 24.9 Å². The van der Waals surface area contributed by atoms with Crippen molar-refractivity contribution in [3.63, 3.8) is 0 Å². The van der Waals surface area contributed by atoms with Gasteiger partial charge in [0.1, 0.15) is 0 Å². The van der Waals surface area contributed by atoms with Gasteiger partial charge in [-0.15, -0.1) is 0 Å². The highest BCUT2D eigenvalue weighted by Gasteiger charge is 2.29. The van der Waals surface area contributed by atoms with Gasteiger partial charge in [0.2, 0.25) is 0 Å². The van der Waals surface area contributed by atoms with E-state index in [1.54, 1.807) is 0 Å². The van der Waals surface area contributed by atoms with E-state index >= 15 is 0 Å². The van der Waals surface area contributed by atoms with Gasteiger partial charge in [-0.05, 0) is 30.6 Å². The molecule has 2 unspecified atom stereocenters. The Hall–Kier alpha value is 0.0600. The summed E-state index contributed by atoms with van der Waals surface area (Å²) in [4.78, 5) is 2.06. The van der Waals surface area contributed by atoms with Crippen molar-refractivity contribution in [2.75, 3.05) is 25.4 Å². The second-order valence-electron chi connectivity index (χ2n) is 4.02. The van der Waals surface area contributed by atoms with Crippen LogP contribution in [-0.2, 0) is 0 Å². The Bertz CT molecular complexity index is 198. The second kappa shape index (κ2) is 5.41. The van der Waals surface area contributed by atoms with Crippen LogP contribution in [0.15, 0.2) is 0 Å². The number of rotatable bonds is 3. The maximum Gasteiger partial charge on any atom is 0.441 e. The fourth-order valence-corrected chi connectivity index (χ4v) is 2.32. The average Bonchev–Trinajstić information content (AvgIpc) is 2.09. The second-order valence-corrected chi connectivity index (χ2v) is 5.18.